The molecule has 27 heteroatoms. The monoisotopic (exact) mass is 1490 g/mol. The van der Waals surface area contributed by atoms with Gasteiger partial charge >= 0.3 is 53.4 Å². The molecule has 0 radical (unpaired) electrons. The Morgan fingerprint density at radius 1 is 0.571 bits per heavy atom. The van der Waals surface area contributed by atoms with Crippen LogP contribution in [0.2, 0.25) is 0 Å². The Hall–Kier alpha value is -6.45. The number of nitriles is 4. The second-order valence-electron chi connectivity index (χ2n) is 22.3. The molecule has 1 aliphatic heterocycles. The number of esters is 2. The number of carbonyl (C=O) groups is 2. The third-order valence-corrected chi connectivity index (χ3v) is 11.9. The molecule has 1 heterocycles. The van der Waals surface area contributed by atoms with Crippen molar-refractivity contribution in [2.75, 3.05) is 81.3 Å². The van der Waals surface area contributed by atoms with Crippen molar-refractivity contribution in [1.82, 2.24) is 0 Å². The Morgan fingerprint density at radius 3 is 1.13 bits per heavy atom. The van der Waals surface area contributed by atoms with E-state index in [1.165, 1.54) is 88.1 Å². The Kier molecular flexibility index (Phi) is 58.9. The number of methoxy groups -OCH3 is 4. The van der Waals surface area contributed by atoms with Gasteiger partial charge in [-0.15, -0.1) is 0 Å². The molecule has 0 spiro atoms. The van der Waals surface area contributed by atoms with Crippen LogP contribution in [0.15, 0.2) is 85.6 Å². The summed E-state index contributed by atoms with van der Waals surface area (Å²) >= 11 is -1.33. The summed E-state index contributed by atoms with van der Waals surface area (Å²) < 4.78 is 105. The van der Waals surface area contributed by atoms with Crippen molar-refractivity contribution in [3.63, 3.8) is 0 Å². The third-order valence-electron chi connectivity index (χ3n) is 11.9. The molecule has 19 nitrogen and oxygen atoms in total. The summed E-state index contributed by atoms with van der Waals surface area (Å²) in [5.41, 5.74) is -0.515. The van der Waals surface area contributed by atoms with Crippen molar-refractivity contribution in [1.29, 1.82) is 21.0 Å². The minimum atomic E-state index is -1.33. The van der Waals surface area contributed by atoms with E-state index in [0.29, 0.717) is 65.6 Å². The van der Waals surface area contributed by atoms with Crippen molar-refractivity contribution in [3.8, 4) is 47.3 Å². The zero-order chi connectivity index (χ0) is 73.5. The summed E-state index contributed by atoms with van der Waals surface area (Å²) in [6.45, 7) is 25.1. The van der Waals surface area contributed by atoms with Crippen LogP contribution >= 0.6 is 30.3 Å². The predicted octanol–water partition coefficient (Wildman–Crippen LogP) is 17.6. The fraction of sp³-hybridized carbons (Fsp3) is 0.549. The third kappa shape index (κ3) is 46.0. The van der Waals surface area contributed by atoms with Gasteiger partial charge in [0.05, 0.1) is 127 Å². The molecule has 557 valence electrons. The fourth-order valence-electron chi connectivity index (χ4n) is 6.62. The van der Waals surface area contributed by atoms with Gasteiger partial charge in [0.1, 0.15) is 77.3 Å². The van der Waals surface area contributed by atoms with Crippen molar-refractivity contribution < 1.29 is 101 Å². The molecule has 5 rings (SSSR count). The maximum atomic E-state index is 13.6. The van der Waals surface area contributed by atoms with Crippen LogP contribution < -0.4 is 18.9 Å². The summed E-state index contributed by atoms with van der Waals surface area (Å²) in [7, 11) is 20.6. The average molecular weight is 1490 g/mol. The Morgan fingerprint density at radius 2 is 0.867 bits per heavy atom. The van der Waals surface area contributed by atoms with Gasteiger partial charge in [-0.25, -0.2) is 17.6 Å². The average Bonchev–Trinajstić information content (AvgIpc) is 1.55. The first-order chi connectivity index (χ1) is 44.7. The van der Waals surface area contributed by atoms with E-state index in [9.17, 15) is 37.4 Å². The van der Waals surface area contributed by atoms with Gasteiger partial charge in [0.25, 0.3) is 0 Å². The van der Waals surface area contributed by atoms with Gasteiger partial charge in [0, 0.05) is 35.1 Å². The van der Waals surface area contributed by atoms with Crippen LogP contribution in [-0.2, 0) is 49.2 Å². The normalized spacial score (nSPS) is 12.5. The number of nitrogens with zero attached hydrogens (tertiary/aromatic N) is 4. The molecule has 0 aliphatic carbocycles. The van der Waals surface area contributed by atoms with E-state index in [1.54, 1.807) is 68.6 Å². The van der Waals surface area contributed by atoms with Crippen LogP contribution in [0.1, 0.15) is 178 Å². The van der Waals surface area contributed by atoms with Crippen molar-refractivity contribution in [3.05, 3.63) is 131 Å². The first-order valence-corrected chi connectivity index (χ1v) is 34.1. The maximum absolute atomic E-state index is 13.6. The van der Waals surface area contributed by atoms with Crippen molar-refractivity contribution in [2.45, 2.75) is 155 Å². The first-order valence-electron chi connectivity index (χ1n) is 29.6. The van der Waals surface area contributed by atoms with Gasteiger partial charge in [-0.2, -0.15) is 21.0 Å². The van der Waals surface area contributed by atoms with E-state index in [4.69, 9.17) is 99.1 Å². The van der Waals surface area contributed by atoms with E-state index in [2.05, 4.69) is 29.5 Å². The van der Waals surface area contributed by atoms with Crippen LogP contribution in [0.5, 0.6) is 23.0 Å². The number of hydrogen-bond donors (Lipinski definition) is 3. The van der Waals surface area contributed by atoms with Crippen LogP contribution in [-0.4, -0.2) is 109 Å². The molecular weight excluding hydrogens is 1390 g/mol. The number of benzene rings is 4. The van der Waals surface area contributed by atoms with E-state index in [0.717, 1.165) is 18.2 Å². The van der Waals surface area contributed by atoms with Gasteiger partial charge in [0.15, 0.2) is 0 Å². The summed E-state index contributed by atoms with van der Waals surface area (Å²) in [6, 6.07) is 24.8. The van der Waals surface area contributed by atoms with Crippen molar-refractivity contribution in [2.24, 2.45) is 21.7 Å². The molecule has 98 heavy (non-hydrogen) atoms. The second-order valence-corrected chi connectivity index (χ2v) is 27.7. The van der Waals surface area contributed by atoms with Gasteiger partial charge in [0.2, 0.25) is 0 Å². The predicted molar refractivity (Wildman–Crippen MR) is 372 cm³/mol. The minimum absolute atomic E-state index is 0. The molecule has 0 amide bonds. The number of hydrogen-bond acceptors (Lipinski definition) is 19. The van der Waals surface area contributed by atoms with Crippen LogP contribution in [0.3, 0.4) is 0 Å². The zero-order valence-electron chi connectivity index (χ0n) is 57.0. The Balaban J connectivity index is -0.000000263. The zero-order valence-corrected chi connectivity index (χ0v) is 60.4. The van der Waals surface area contributed by atoms with E-state index in [-0.39, 0.29) is 92.4 Å². The van der Waals surface area contributed by atoms with E-state index >= 15 is 0 Å². The number of ether oxygens (including phenoxy) is 10. The summed E-state index contributed by atoms with van der Waals surface area (Å²) in [4.78, 5) is 22.0. The SMILES string of the molecule is C.C.C.C=COC(=O)CCC.CC.CC(C)(C#N)CO.CCCC(=O)OC[C@H](OCC(C)(C)C#N)c1cc(F)ccc1OC.COc1ccc(F)cc1C(CO)OCC(C)(C)C#N.COc1ccc(F)cc1C1CO1.COc1ccc(F)cc1[C@H](CO)OCC(C)(C)C#N.[Cl][Fe]([Cl])[Cl]. The summed E-state index contributed by atoms with van der Waals surface area (Å²) in [6.07, 6.45) is 1.30. The molecule has 4 aromatic rings. The van der Waals surface area contributed by atoms with Crippen molar-refractivity contribution >= 4 is 42.2 Å². The van der Waals surface area contributed by atoms with Crippen LogP contribution in [0, 0.1) is 90.3 Å². The quantitative estimate of drug-likeness (QED) is 0.0164. The van der Waals surface area contributed by atoms with Gasteiger partial charge in [-0.3, -0.25) is 9.59 Å². The van der Waals surface area contributed by atoms with Crippen LogP contribution in [0.25, 0.3) is 0 Å². The van der Waals surface area contributed by atoms with Gasteiger partial charge in [-0.05, 0) is 141 Å². The molecule has 2 unspecified atom stereocenters. The Labute approximate surface area is 597 Å². The number of halogens is 7. The molecule has 0 aromatic heterocycles. The molecule has 4 aromatic carbocycles. The van der Waals surface area contributed by atoms with Gasteiger partial charge < -0.3 is 62.7 Å². The molecule has 1 aliphatic rings. The summed E-state index contributed by atoms with van der Waals surface area (Å²) in [5, 5.41) is 62.2. The fourth-order valence-corrected chi connectivity index (χ4v) is 6.62. The molecular formula is C71H106Cl3F4FeN4O15. The number of epoxide rings is 1. The first kappa shape index (κ1) is 103. The molecule has 1 fully saturated rings. The van der Waals surface area contributed by atoms with E-state index in [1.807, 2.05) is 33.8 Å². The number of rotatable bonds is 27. The van der Waals surface area contributed by atoms with Gasteiger partial charge in [-0.1, -0.05) is 56.6 Å². The number of carbonyl (C=O) groups excluding carboxylic acids is 2. The Bertz CT molecular complexity index is 2940. The van der Waals surface area contributed by atoms with E-state index < -0.39 is 68.6 Å². The topological polar surface area (TPSA) is 286 Å². The standard InChI is InChI=1S/C18H24FNO4.2C14H18FNO3.C9H9FO2.C6H10O2.C5H9NO.C2H6.3CH4.3ClH.Fe/c1-5-6-17(21)23-10-16(24-12-18(2,3)11-20)14-9-13(19)7-8-15(14)22-4;2*1-14(2,8-16)9-19-13(7-17)11-6-10(15)4-5-12(11)18-3;1-11-8-3-2-6(10)4-7(8)9-5-12-9;1-3-5-6(7)8-4-2;1-5(2,3-6)4-7;1-2;;;;;;;/h7-9,16H,5-6,10,12H2,1-4H3;2*4-6,13,17H,7,9H2,1-3H3;2-4,9H,5H2,1H3;4H,2-3,5H2,1H3;7H,4H2,1-2H3;1-2H3;3*1H4;3*1H;/q;;;;;;;;;;;;;+3/p-3/t16-;13-;;;;;;;;;;;;/m00............/s1. The molecule has 0 saturated carbocycles. The summed E-state index contributed by atoms with van der Waals surface area (Å²) in [5.74, 6) is -0.106. The molecule has 4 atom stereocenters. The molecule has 0 bridgehead atoms. The molecule has 3 N–H and O–H groups in total. The van der Waals surface area contributed by atoms with Crippen LogP contribution in [0.4, 0.5) is 17.6 Å². The molecule has 1 saturated heterocycles. The number of aliphatic hydroxyl groups is 3. The number of aliphatic hydroxyl groups excluding tert-OH is 3. The second kappa shape index (κ2) is 56.3.